The molecule has 1 atom stereocenters. The van der Waals surface area contributed by atoms with E-state index in [1.807, 2.05) is 18.2 Å². The minimum Gasteiger partial charge on any atom is -0.352 e. The lowest BCUT2D eigenvalue weighted by molar-refractivity contribution is 0.628. The number of anilines is 1. The molecule has 5 heteroatoms. The number of aromatic nitrogens is 3. The van der Waals surface area contributed by atoms with E-state index < -0.39 is 0 Å². The molecule has 2 aromatic carbocycles. The Morgan fingerprint density at radius 3 is 2.37 bits per heavy atom. The van der Waals surface area contributed by atoms with Crippen LogP contribution in [0.3, 0.4) is 0 Å². The smallest absolute Gasteiger partial charge is 0.223 e. The van der Waals surface area contributed by atoms with E-state index in [0.717, 1.165) is 35.2 Å². The van der Waals surface area contributed by atoms with Gasteiger partial charge in [-0.2, -0.15) is 0 Å². The van der Waals surface area contributed by atoms with Crippen LogP contribution in [-0.2, 0) is 6.42 Å². The summed E-state index contributed by atoms with van der Waals surface area (Å²) in [5, 5.41) is 3.41. The molecule has 4 rings (SSSR count). The molecule has 30 heavy (non-hydrogen) atoms. The van der Waals surface area contributed by atoms with E-state index in [2.05, 4.69) is 46.5 Å². The fourth-order valence-electron chi connectivity index (χ4n) is 3.34. The summed E-state index contributed by atoms with van der Waals surface area (Å²) < 4.78 is 13.4. The monoisotopic (exact) mass is 398 g/mol. The van der Waals surface area contributed by atoms with Gasteiger partial charge in [0.1, 0.15) is 5.82 Å². The van der Waals surface area contributed by atoms with Crippen LogP contribution in [0.4, 0.5) is 10.3 Å². The number of pyridine rings is 1. The van der Waals surface area contributed by atoms with E-state index >= 15 is 0 Å². The Balaban J connectivity index is 1.58. The highest BCUT2D eigenvalue weighted by atomic mass is 19.1. The van der Waals surface area contributed by atoms with Gasteiger partial charge in [0, 0.05) is 35.8 Å². The van der Waals surface area contributed by atoms with Crippen LogP contribution in [0.15, 0.2) is 85.3 Å². The SMILES string of the molecule is CC(CCc1ccccc1)Nc1ncc(-c2ccc(F)cc2)c(-c2ccncc2)n1. The highest BCUT2D eigenvalue weighted by molar-refractivity contribution is 5.80. The molecule has 4 nitrogen and oxygen atoms in total. The fraction of sp³-hybridized carbons (Fsp3) is 0.160. The minimum atomic E-state index is -0.268. The highest BCUT2D eigenvalue weighted by Crippen LogP contribution is 2.30. The number of aryl methyl sites for hydroxylation is 1. The summed E-state index contributed by atoms with van der Waals surface area (Å²) >= 11 is 0. The van der Waals surface area contributed by atoms with Crippen LogP contribution in [0.25, 0.3) is 22.4 Å². The topological polar surface area (TPSA) is 50.7 Å². The van der Waals surface area contributed by atoms with Gasteiger partial charge >= 0.3 is 0 Å². The summed E-state index contributed by atoms with van der Waals surface area (Å²) in [7, 11) is 0. The van der Waals surface area contributed by atoms with Gasteiger partial charge in [0.2, 0.25) is 5.95 Å². The molecule has 2 heterocycles. The maximum absolute atomic E-state index is 13.4. The predicted molar refractivity (Wildman–Crippen MR) is 119 cm³/mol. The van der Waals surface area contributed by atoms with Crippen molar-refractivity contribution in [3.05, 3.63) is 96.7 Å². The molecule has 0 amide bonds. The summed E-state index contributed by atoms with van der Waals surface area (Å²) in [6.45, 7) is 2.13. The van der Waals surface area contributed by atoms with Crippen molar-refractivity contribution in [1.82, 2.24) is 15.0 Å². The van der Waals surface area contributed by atoms with Crippen LogP contribution in [0.2, 0.25) is 0 Å². The molecule has 150 valence electrons. The number of halogens is 1. The summed E-state index contributed by atoms with van der Waals surface area (Å²) in [6.07, 6.45) is 7.22. The average molecular weight is 398 g/mol. The largest absolute Gasteiger partial charge is 0.352 e. The zero-order valence-corrected chi connectivity index (χ0v) is 16.8. The molecule has 0 aliphatic heterocycles. The van der Waals surface area contributed by atoms with Gasteiger partial charge in [-0.1, -0.05) is 42.5 Å². The van der Waals surface area contributed by atoms with Crippen LogP contribution in [0.1, 0.15) is 18.9 Å². The summed E-state index contributed by atoms with van der Waals surface area (Å²) in [4.78, 5) is 13.4. The van der Waals surface area contributed by atoms with Gasteiger partial charge in [-0.15, -0.1) is 0 Å². The Kier molecular flexibility index (Phi) is 6.09. The van der Waals surface area contributed by atoms with Gasteiger partial charge < -0.3 is 5.32 Å². The Morgan fingerprint density at radius 2 is 1.63 bits per heavy atom. The minimum absolute atomic E-state index is 0.215. The Bertz CT molecular complexity index is 1080. The number of benzene rings is 2. The normalized spacial score (nSPS) is 11.8. The van der Waals surface area contributed by atoms with Gasteiger partial charge in [0.15, 0.2) is 0 Å². The van der Waals surface area contributed by atoms with Gasteiger partial charge in [-0.05, 0) is 55.2 Å². The zero-order valence-electron chi connectivity index (χ0n) is 16.8. The third-order valence-electron chi connectivity index (χ3n) is 4.98. The van der Waals surface area contributed by atoms with Crippen molar-refractivity contribution in [2.45, 2.75) is 25.8 Å². The predicted octanol–water partition coefficient (Wildman–Crippen LogP) is 5.78. The summed E-state index contributed by atoms with van der Waals surface area (Å²) in [5.74, 6) is 0.309. The maximum Gasteiger partial charge on any atom is 0.223 e. The lowest BCUT2D eigenvalue weighted by Crippen LogP contribution is -2.18. The molecular formula is C25H23FN4. The first-order valence-electron chi connectivity index (χ1n) is 10.0. The lowest BCUT2D eigenvalue weighted by atomic mass is 10.0. The second kappa shape index (κ2) is 9.27. The molecular weight excluding hydrogens is 375 g/mol. The first-order valence-corrected chi connectivity index (χ1v) is 10.0. The van der Waals surface area contributed by atoms with Crippen molar-refractivity contribution in [2.75, 3.05) is 5.32 Å². The standard InChI is InChI=1S/C25H23FN4/c1-18(7-8-19-5-3-2-4-6-19)29-25-28-17-23(20-9-11-22(26)12-10-20)24(30-25)21-13-15-27-16-14-21/h2-6,9-18H,7-8H2,1H3,(H,28,29,30). The Labute approximate surface area is 175 Å². The maximum atomic E-state index is 13.4. The van der Waals surface area contributed by atoms with E-state index in [1.165, 1.54) is 17.7 Å². The van der Waals surface area contributed by atoms with Gasteiger partial charge in [0.05, 0.1) is 5.69 Å². The van der Waals surface area contributed by atoms with Crippen molar-refractivity contribution >= 4 is 5.95 Å². The average Bonchev–Trinajstić information content (AvgIpc) is 2.80. The quantitative estimate of drug-likeness (QED) is 0.429. The Morgan fingerprint density at radius 1 is 0.900 bits per heavy atom. The van der Waals surface area contributed by atoms with E-state index in [1.54, 1.807) is 30.7 Å². The first kappa shape index (κ1) is 19.7. The van der Waals surface area contributed by atoms with E-state index in [4.69, 9.17) is 4.98 Å². The number of hydrogen-bond acceptors (Lipinski definition) is 4. The summed E-state index contributed by atoms with van der Waals surface area (Å²) in [5.41, 5.74) is 4.76. The molecule has 0 saturated heterocycles. The molecule has 0 radical (unpaired) electrons. The van der Waals surface area contributed by atoms with Crippen molar-refractivity contribution in [3.63, 3.8) is 0 Å². The van der Waals surface area contributed by atoms with Crippen LogP contribution in [-0.4, -0.2) is 21.0 Å². The van der Waals surface area contributed by atoms with E-state index in [0.29, 0.717) is 5.95 Å². The molecule has 1 N–H and O–H groups in total. The zero-order chi connectivity index (χ0) is 20.8. The highest BCUT2D eigenvalue weighted by Gasteiger charge is 2.13. The van der Waals surface area contributed by atoms with Crippen molar-refractivity contribution in [2.24, 2.45) is 0 Å². The first-order chi connectivity index (χ1) is 14.7. The van der Waals surface area contributed by atoms with Crippen molar-refractivity contribution in [3.8, 4) is 22.4 Å². The van der Waals surface area contributed by atoms with Crippen molar-refractivity contribution < 1.29 is 4.39 Å². The molecule has 0 fully saturated rings. The molecule has 0 spiro atoms. The molecule has 4 aromatic rings. The van der Waals surface area contributed by atoms with Crippen LogP contribution in [0.5, 0.6) is 0 Å². The van der Waals surface area contributed by atoms with Gasteiger partial charge in [-0.3, -0.25) is 4.98 Å². The van der Waals surface area contributed by atoms with Crippen molar-refractivity contribution in [1.29, 1.82) is 0 Å². The van der Waals surface area contributed by atoms with Gasteiger partial charge in [0.25, 0.3) is 0 Å². The van der Waals surface area contributed by atoms with Crippen LogP contribution < -0.4 is 5.32 Å². The second-order valence-corrected chi connectivity index (χ2v) is 7.27. The third-order valence-corrected chi connectivity index (χ3v) is 4.98. The molecule has 0 bridgehead atoms. The molecule has 0 saturated carbocycles. The van der Waals surface area contributed by atoms with Gasteiger partial charge in [-0.25, -0.2) is 14.4 Å². The van der Waals surface area contributed by atoms with Crippen LogP contribution in [0, 0.1) is 5.82 Å². The van der Waals surface area contributed by atoms with E-state index in [9.17, 15) is 4.39 Å². The fourth-order valence-corrected chi connectivity index (χ4v) is 3.34. The lowest BCUT2D eigenvalue weighted by Gasteiger charge is -2.16. The number of nitrogens with one attached hydrogen (secondary N) is 1. The second-order valence-electron chi connectivity index (χ2n) is 7.27. The van der Waals surface area contributed by atoms with E-state index in [-0.39, 0.29) is 11.9 Å². The molecule has 2 aromatic heterocycles. The number of nitrogens with zero attached hydrogens (tertiary/aromatic N) is 3. The molecule has 1 unspecified atom stereocenters. The number of rotatable bonds is 7. The van der Waals surface area contributed by atoms with Crippen LogP contribution >= 0.6 is 0 Å². The Hall–Kier alpha value is -3.60. The third kappa shape index (κ3) is 4.87. The summed E-state index contributed by atoms with van der Waals surface area (Å²) in [6, 6.07) is 20.9. The molecule has 0 aliphatic carbocycles. The molecule has 0 aliphatic rings. The number of hydrogen-bond donors (Lipinski definition) is 1.